The van der Waals surface area contributed by atoms with E-state index in [0.717, 1.165) is 44.8 Å². The lowest BCUT2D eigenvalue weighted by Gasteiger charge is -2.08. The summed E-state index contributed by atoms with van der Waals surface area (Å²) in [4.78, 5) is 9.00. The molecule has 2 aromatic heterocycles. The predicted molar refractivity (Wildman–Crippen MR) is 110 cm³/mol. The SMILES string of the molecule is COc1ccc(C)c(Nc2nc(-c3ccc(-n4cnc(C)c4)cc3)cs2)c1. The van der Waals surface area contributed by atoms with Gasteiger partial charge in [0, 0.05) is 34.6 Å². The Hall–Kier alpha value is -3.12. The summed E-state index contributed by atoms with van der Waals surface area (Å²) in [6, 6.07) is 14.3. The maximum Gasteiger partial charge on any atom is 0.187 e. The Balaban J connectivity index is 1.54. The summed E-state index contributed by atoms with van der Waals surface area (Å²) in [5.41, 5.74) is 6.27. The van der Waals surface area contributed by atoms with Crippen LogP contribution in [-0.2, 0) is 0 Å². The topological polar surface area (TPSA) is 52.0 Å². The highest BCUT2D eigenvalue weighted by molar-refractivity contribution is 7.14. The first-order valence-corrected chi connectivity index (χ1v) is 9.49. The lowest BCUT2D eigenvalue weighted by atomic mass is 10.1. The normalized spacial score (nSPS) is 10.8. The number of rotatable bonds is 5. The molecule has 2 aromatic carbocycles. The van der Waals surface area contributed by atoms with Gasteiger partial charge < -0.3 is 14.6 Å². The first-order valence-electron chi connectivity index (χ1n) is 8.61. The molecule has 0 unspecified atom stereocenters. The van der Waals surface area contributed by atoms with E-state index in [9.17, 15) is 0 Å². The Morgan fingerprint density at radius 3 is 2.59 bits per heavy atom. The zero-order valence-corrected chi connectivity index (χ0v) is 16.2. The van der Waals surface area contributed by atoms with E-state index in [-0.39, 0.29) is 0 Å². The van der Waals surface area contributed by atoms with E-state index in [0.29, 0.717) is 0 Å². The van der Waals surface area contributed by atoms with Crippen molar-refractivity contribution < 1.29 is 4.74 Å². The minimum absolute atomic E-state index is 0.824. The number of anilines is 2. The van der Waals surface area contributed by atoms with Crippen molar-refractivity contribution in [2.24, 2.45) is 0 Å². The summed E-state index contributed by atoms with van der Waals surface area (Å²) in [6.07, 6.45) is 3.84. The van der Waals surface area contributed by atoms with Crippen molar-refractivity contribution in [2.75, 3.05) is 12.4 Å². The standard InChI is InChI=1S/C21H20N4OS/c1-14-4-9-18(26-3)10-19(14)23-21-24-20(12-27-21)16-5-7-17(8-6-16)25-11-15(2)22-13-25/h4-13H,1-3H3,(H,23,24). The minimum Gasteiger partial charge on any atom is -0.497 e. The van der Waals surface area contributed by atoms with Gasteiger partial charge in [-0.15, -0.1) is 11.3 Å². The van der Waals surface area contributed by atoms with Crippen molar-refractivity contribution in [2.45, 2.75) is 13.8 Å². The van der Waals surface area contributed by atoms with Crippen LogP contribution < -0.4 is 10.1 Å². The van der Waals surface area contributed by atoms with Gasteiger partial charge in [-0.1, -0.05) is 18.2 Å². The molecule has 0 aliphatic heterocycles. The van der Waals surface area contributed by atoms with Crippen LogP contribution in [-0.4, -0.2) is 21.6 Å². The molecule has 6 heteroatoms. The summed E-state index contributed by atoms with van der Waals surface area (Å²) < 4.78 is 7.32. The van der Waals surface area contributed by atoms with E-state index in [2.05, 4.69) is 46.9 Å². The molecule has 0 saturated heterocycles. The third kappa shape index (κ3) is 3.71. The molecule has 27 heavy (non-hydrogen) atoms. The maximum absolute atomic E-state index is 5.31. The average molecular weight is 376 g/mol. The first kappa shape index (κ1) is 17.3. The summed E-state index contributed by atoms with van der Waals surface area (Å²) in [5.74, 6) is 0.824. The molecule has 0 spiro atoms. The largest absolute Gasteiger partial charge is 0.497 e. The lowest BCUT2D eigenvalue weighted by molar-refractivity contribution is 0.415. The fraction of sp³-hybridized carbons (Fsp3) is 0.143. The third-order valence-corrected chi connectivity index (χ3v) is 5.12. The third-order valence-electron chi connectivity index (χ3n) is 4.36. The predicted octanol–water partition coefficient (Wildman–Crippen LogP) is 5.36. The van der Waals surface area contributed by atoms with Crippen LogP contribution in [0.25, 0.3) is 16.9 Å². The quantitative estimate of drug-likeness (QED) is 0.509. The van der Waals surface area contributed by atoms with Crippen LogP contribution in [0.5, 0.6) is 5.75 Å². The molecular weight excluding hydrogens is 356 g/mol. The van der Waals surface area contributed by atoms with Gasteiger partial charge in [0.15, 0.2) is 5.13 Å². The Morgan fingerprint density at radius 1 is 1.07 bits per heavy atom. The molecule has 0 aliphatic carbocycles. The lowest BCUT2D eigenvalue weighted by Crippen LogP contribution is -1.94. The van der Waals surface area contributed by atoms with E-state index < -0.39 is 0 Å². The second-order valence-electron chi connectivity index (χ2n) is 6.31. The van der Waals surface area contributed by atoms with Crippen molar-refractivity contribution in [3.8, 4) is 22.7 Å². The van der Waals surface area contributed by atoms with Gasteiger partial charge >= 0.3 is 0 Å². The van der Waals surface area contributed by atoms with E-state index in [4.69, 9.17) is 9.72 Å². The van der Waals surface area contributed by atoms with Gasteiger partial charge in [0.1, 0.15) is 5.75 Å². The molecule has 0 radical (unpaired) electrons. The van der Waals surface area contributed by atoms with Crippen molar-refractivity contribution in [1.82, 2.24) is 14.5 Å². The van der Waals surface area contributed by atoms with Gasteiger partial charge in [0.2, 0.25) is 0 Å². The van der Waals surface area contributed by atoms with Crippen LogP contribution in [0, 0.1) is 13.8 Å². The Morgan fingerprint density at radius 2 is 1.89 bits per heavy atom. The number of thiazole rings is 1. The van der Waals surface area contributed by atoms with Crippen LogP contribution in [0.2, 0.25) is 0 Å². The second kappa shape index (κ2) is 7.25. The number of aromatic nitrogens is 3. The molecule has 0 fully saturated rings. The monoisotopic (exact) mass is 376 g/mol. The fourth-order valence-electron chi connectivity index (χ4n) is 2.81. The number of aryl methyl sites for hydroxylation is 2. The summed E-state index contributed by atoms with van der Waals surface area (Å²) >= 11 is 1.59. The maximum atomic E-state index is 5.31. The molecule has 2 heterocycles. The molecule has 0 bridgehead atoms. The van der Waals surface area contributed by atoms with Crippen molar-refractivity contribution >= 4 is 22.2 Å². The smallest absolute Gasteiger partial charge is 0.187 e. The fourth-order valence-corrected chi connectivity index (χ4v) is 3.54. The van der Waals surface area contributed by atoms with E-state index in [1.165, 1.54) is 0 Å². The average Bonchev–Trinajstić information content (AvgIpc) is 3.33. The second-order valence-corrected chi connectivity index (χ2v) is 7.17. The van der Waals surface area contributed by atoms with Gasteiger partial charge in [-0.3, -0.25) is 0 Å². The zero-order valence-electron chi connectivity index (χ0n) is 15.4. The van der Waals surface area contributed by atoms with Crippen LogP contribution in [0.3, 0.4) is 0 Å². The van der Waals surface area contributed by atoms with E-state index in [1.54, 1.807) is 18.4 Å². The summed E-state index contributed by atoms with van der Waals surface area (Å²) in [6.45, 7) is 4.05. The highest BCUT2D eigenvalue weighted by atomic mass is 32.1. The summed E-state index contributed by atoms with van der Waals surface area (Å²) in [5, 5.41) is 6.31. The van der Waals surface area contributed by atoms with Crippen LogP contribution in [0.4, 0.5) is 10.8 Å². The summed E-state index contributed by atoms with van der Waals surface area (Å²) in [7, 11) is 1.67. The number of imidazole rings is 1. The molecule has 0 amide bonds. The van der Waals surface area contributed by atoms with Crippen LogP contribution >= 0.6 is 11.3 Å². The number of ether oxygens (including phenoxy) is 1. The molecular formula is C21H20N4OS. The van der Waals surface area contributed by atoms with E-state index in [1.807, 2.05) is 42.2 Å². The molecule has 0 saturated carbocycles. The van der Waals surface area contributed by atoms with Crippen molar-refractivity contribution in [3.05, 3.63) is 71.6 Å². The molecule has 5 nitrogen and oxygen atoms in total. The Bertz CT molecular complexity index is 1070. The van der Waals surface area contributed by atoms with Crippen LogP contribution in [0.1, 0.15) is 11.3 Å². The number of nitrogens with zero attached hydrogens (tertiary/aromatic N) is 3. The van der Waals surface area contributed by atoms with E-state index >= 15 is 0 Å². The molecule has 1 N–H and O–H groups in total. The molecule has 4 rings (SSSR count). The van der Waals surface area contributed by atoms with Gasteiger partial charge in [-0.2, -0.15) is 0 Å². The highest BCUT2D eigenvalue weighted by Gasteiger charge is 2.08. The number of methoxy groups -OCH3 is 1. The van der Waals surface area contributed by atoms with Crippen molar-refractivity contribution in [1.29, 1.82) is 0 Å². The number of hydrogen-bond donors (Lipinski definition) is 1. The molecule has 4 aromatic rings. The first-order chi connectivity index (χ1) is 13.1. The van der Waals surface area contributed by atoms with Gasteiger partial charge in [0.25, 0.3) is 0 Å². The molecule has 0 atom stereocenters. The number of nitrogens with one attached hydrogen (secondary N) is 1. The minimum atomic E-state index is 0.824. The van der Waals surface area contributed by atoms with Gasteiger partial charge in [0.05, 0.1) is 24.8 Å². The zero-order chi connectivity index (χ0) is 18.8. The molecule has 0 aliphatic rings. The highest BCUT2D eigenvalue weighted by Crippen LogP contribution is 2.30. The van der Waals surface area contributed by atoms with Gasteiger partial charge in [-0.25, -0.2) is 9.97 Å². The number of hydrogen-bond acceptors (Lipinski definition) is 5. The number of benzene rings is 2. The van der Waals surface area contributed by atoms with Gasteiger partial charge in [-0.05, 0) is 37.6 Å². The van der Waals surface area contributed by atoms with Crippen molar-refractivity contribution in [3.63, 3.8) is 0 Å². The Labute approximate surface area is 162 Å². The van der Waals surface area contributed by atoms with Crippen LogP contribution in [0.15, 0.2) is 60.4 Å². The molecule has 136 valence electrons. The Kier molecular flexibility index (Phi) is 4.64.